The van der Waals surface area contributed by atoms with Crippen molar-refractivity contribution in [1.29, 1.82) is 0 Å². The van der Waals surface area contributed by atoms with Crippen LogP contribution in [0.25, 0.3) is 89.5 Å². The Morgan fingerprint density at radius 3 is 0.870 bits per heavy atom. The Labute approximate surface area is 784 Å². The summed E-state index contributed by atoms with van der Waals surface area (Å²) < 4.78 is 13.1. The molecule has 4 aromatic heterocycles. The number of hydrogen-bond acceptors (Lipinski definition) is 13. The zero-order valence-electron chi connectivity index (χ0n) is 73.2. The molecule has 6 atom stereocenters. The minimum Gasteiger partial charge on any atom is -0.481 e. The van der Waals surface area contributed by atoms with Crippen LogP contribution in [0.15, 0.2) is 243 Å². The average molecular weight is 1850 g/mol. The largest absolute Gasteiger partial charge is 0.481 e. The highest BCUT2D eigenvalue weighted by atomic mass is 35.5. The van der Waals surface area contributed by atoms with Gasteiger partial charge < -0.3 is 69.8 Å². The number of aliphatic carboxylic acids is 1. The number of fused-ring (bicyclic) bond motifs is 4. The maximum absolute atomic E-state index is 13.2. The molecular weight excluding hydrogens is 1740 g/mol. The number of hydrogen-bond donors (Lipinski definition) is 7. The van der Waals surface area contributed by atoms with Gasteiger partial charge in [0.15, 0.2) is 0 Å². The highest BCUT2D eigenvalue weighted by molar-refractivity contribution is 6.32. The highest BCUT2D eigenvalue weighted by Gasteiger charge is 2.38. The lowest BCUT2D eigenvalue weighted by Gasteiger charge is -2.34. The Kier molecular flexibility index (Phi) is 31.5. The van der Waals surface area contributed by atoms with E-state index < -0.39 is 5.97 Å². The normalized spacial score (nSPS) is 17.6. The van der Waals surface area contributed by atoms with E-state index in [4.69, 9.17) is 51.1 Å². The second-order valence-electron chi connectivity index (χ2n) is 33.8. The van der Waals surface area contributed by atoms with Crippen LogP contribution < -0.4 is 31.9 Å². The summed E-state index contributed by atoms with van der Waals surface area (Å²) in [5, 5.41) is 29.9. The molecule has 0 bridgehead atoms. The summed E-state index contributed by atoms with van der Waals surface area (Å²) in [4.78, 5) is 111. The molecule has 0 aliphatic carbocycles. The number of ether oxygens (including phenoxy) is 1. The molecule has 0 saturated carbocycles. The van der Waals surface area contributed by atoms with Crippen molar-refractivity contribution < 1.29 is 48.2 Å². The van der Waals surface area contributed by atoms with Gasteiger partial charge in [0.1, 0.15) is 22.8 Å². The van der Waals surface area contributed by atoms with Crippen molar-refractivity contribution in [1.82, 2.24) is 69.8 Å². The molecule has 28 heteroatoms. The number of nitrogens with one attached hydrogen (secondary N) is 6. The van der Waals surface area contributed by atoms with Gasteiger partial charge in [0.05, 0.1) is 66.4 Å². The van der Waals surface area contributed by atoms with Crippen LogP contribution in [0.1, 0.15) is 120 Å². The molecule has 7 N–H and O–H groups in total. The number of rotatable bonds is 23. The number of nitrogens with zero attached hydrogens (tertiary/aromatic N) is 8. The molecule has 2 saturated heterocycles. The molecule has 2 unspecified atom stereocenters. The molecule has 2 fully saturated rings. The van der Waals surface area contributed by atoms with Crippen molar-refractivity contribution in [2.45, 2.75) is 90.1 Å². The monoisotopic (exact) mass is 1840 g/mol. The van der Waals surface area contributed by atoms with Crippen molar-refractivity contribution >= 4 is 93.8 Å². The predicted molar refractivity (Wildman–Crippen MR) is 519 cm³/mol. The number of likely N-dealkylation sites (N-methyl/N-ethyl adjacent to an activating group) is 2. The first-order valence-electron chi connectivity index (χ1n) is 44.1. The highest BCUT2D eigenvalue weighted by Crippen LogP contribution is 2.46. The second kappa shape index (κ2) is 43.6. The minimum atomic E-state index is -0.904. The number of carbonyl (C=O) groups is 8. The number of benzene rings is 8. The fourth-order valence-corrected chi connectivity index (χ4v) is 19.0. The Morgan fingerprint density at radius 1 is 0.366 bits per heavy atom. The van der Waals surface area contributed by atoms with E-state index in [-0.39, 0.29) is 117 Å². The van der Waals surface area contributed by atoms with E-state index in [1.165, 1.54) is 0 Å². The Balaban J connectivity index is 0.000000142. The van der Waals surface area contributed by atoms with E-state index in [2.05, 4.69) is 88.6 Å². The van der Waals surface area contributed by atoms with Crippen LogP contribution in [0.3, 0.4) is 0 Å². The van der Waals surface area contributed by atoms with Gasteiger partial charge in [-0.15, -0.1) is 0 Å². The number of carboxylic acid groups (broad SMARTS) is 1. The number of amides is 6. The molecule has 0 radical (unpaired) electrons. The van der Waals surface area contributed by atoms with Gasteiger partial charge in [0, 0.05) is 159 Å². The summed E-state index contributed by atoms with van der Waals surface area (Å²) in [6.45, 7) is 17.6. The fraction of sp³-hybridized carbons (Fsp3) is 0.301. The number of carboxylic acids is 1. The number of aromatic nitrogens is 4. The van der Waals surface area contributed by atoms with Crippen molar-refractivity contribution in [3.05, 3.63) is 286 Å². The summed E-state index contributed by atoms with van der Waals surface area (Å²) in [7, 11) is 4.28. The van der Waals surface area contributed by atoms with Crippen LogP contribution in [0.5, 0.6) is 0 Å². The summed E-state index contributed by atoms with van der Waals surface area (Å²) in [6, 6.07) is 76.6. The van der Waals surface area contributed by atoms with Crippen molar-refractivity contribution in [2.75, 3.05) is 112 Å². The molecule has 680 valence electrons. The molecule has 6 aliphatic heterocycles. The Morgan fingerprint density at radius 2 is 0.618 bits per heavy atom. The first-order valence-corrected chi connectivity index (χ1v) is 45.6. The van der Waals surface area contributed by atoms with Crippen molar-refractivity contribution in [3.8, 4) is 89.5 Å². The van der Waals surface area contributed by atoms with Gasteiger partial charge in [-0.1, -0.05) is 224 Å². The molecule has 8 aromatic carbocycles. The third kappa shape index (κ3) is 22.8. The van der Waals surface area contributed by atoms with Crippen LogP contribution in [0.4, 0.5) is 0 Å². The van der Waals surface area contributed by atoms with Crippen LogP contribution in [-0.2, 0) is 23.9 Å². The van der Waals surface area contributed by atoms with E-state index >= 15 is 0 Å². The molecule has 18 rings (SSSR count). The Bertz CT molecular complexity index is 5890. The van der Waals surface area contributed by atoms with Crippen molar-refractivity contribution in [2.24, 2.45) is 0 Å². The van der Waals surface area contributed by atoms with Crippen molar-refractivity contribution in [3.63, 3.8) is 0 Å². The molecule has 6 aliphatic rings. The smallest absolute Gasteiger partial charge is 0.307 e. The van der Waals surface area contributed by atoms with Gasteiger partial charge >= 0.3 is 11.9 Å². The van der Waals surface area contributed by atoms with Crippen LogP contribution in [-0.4, -0.2) is 215 Å². The SMILES string of the molecule is C.CCOC(=O)CC1CNC(=O)c2cc(-c3cccc(Cl)c3)c(-c3ccccc3)n21.C[C@@H](CN1CCN(C)CC1)NC(=O)C[C@@H]1CNC(=O)c2cc(-c3cccc(Cl)c3)c(-c3ccccc3)n21.C[C@@H](CN1CCN(C)CC1)NC(=O)C[C@H]1CNC(=O)c2cc(-c3cccc(Cl)c3)c(-c3ccccc3)n21.O=C(O)CC1CNC(=O)c2cc(-c3cccc(Cl)c3)c(-c3ccccc3)n21. The second-order valence-corrected chi connectivity index (χ2v) is 35.5. The van der Waals surface area contributed by atoms with E-state index in [1.54, 1.807) is 13.0 Å². The van der Waals surface area contributed by atoms with Gasteiger partial charge in [-0.25, -0.2) is 0 Å². The fourth-order valence-electron chi connectivity index (χ4n) is 18.2. The minimum absolute atomic E-state index is 0. The van der Waals surface area contributed by atoms with E-state index in [0.717, 1.165) is 155 Å². The van der Waals surface area contributed by atoms with Crippen LogP contribution in [0, 0.1) is 0 Å². The number of piperazine rings is 2. The molecule has 131 heavy (non-hydrogen) atoms. The summed E-state index contributed by atoms with van der Waals surface area (Å²) in [6.07, 6.45) is 0.676. The molecular formula is C103H110Cl4N14O10. The van der Waals surface area contributed by atoms with Gasteiger partial charge in [-0.3, -0.25) is 48.2 Å². The first-order chi connectivity index (χ1) is 62.9. The van der Waals surface area contributed by atoms with E-state index in [9.17, 15) is 43.5 Å². The zero-order chi connectivity index (χ0) is 91.2. The summed E-state index contributed by atoms with van der Waals surface area (Å²) in [5.74, 6) is -1.83. The lowest BCUT2D eigenvalue weighted by Crippen LogP contribution is -2.50. The topological polar surface area (TPSA) is 271 Å². The van der Waals surface area contributed by atoms with E-state index in [0.29, 0.717) is 69.1 Å². The summed E-state index contributed by atoms with van der Waals surface area (Å²) in [5.41, 5.74) is 16.8. The third-order valence-electron chi connectivity index (χ3n) is 24.3. The van der Waals surface area contributed by atoms with Gasteiger partial charge in [0.2, 0.25) is 11.8 Å². The van der Waals surface area contributed by atoms with Crippen LogP contribution in [0.2, 0.25) is 20.1 Å². The third-order valence-corrected chi connectivity index (χ3v) is 25.2. The molecule has 10 heterocycles. The maximum atomic E-state index is 13.2. The standard InChI is InChI=1S/2C29H34ClN5O2.C23H21ClN2O3.C21H17ClN2O3.CH4/c2*1-20(19-34-13-11-33(2)12-14-34)32-27(36)16-24-18-31-29(37)26-17-25(22-9-6-10-23(30)15-22)28(35(24)26)21-7-4-3-5-8-21;1-2-29-21(27)12-18-14-25-23(28)20-13-19(16-9-6-10-17(24)11-16)22(26(18)20)15-7-4-3-5-8-15;22-15-8-4-7-14(9-15)17-11-18-21(27)23-12-16(10-19(25)26)24(18)20(17)13-5-2-1-3-6-13;/h2*3-10,15,17,20,24H,11-14,16,18-19H2,1-2H3,(H,31,37)(H,32,36);3-11,13,18H,2,12,14H2,1H3,(H,25,28);1-9,11,16H,10,12H2,(H,23,27)(H,25,26);1H4/t20-,24+;20-,24-;;;/m00.../s1. The number of carbonyl (C=O) groups excluding carboxylic acids is 7. The number of halogens is 4. The molecule has 0 spiro atoms. The lowest BCUT2D eigenvalue weighted by molar-refractivity contribution is -0.144. The van der Waals surface area contributed by atoms with Gasteiger partial charge in [-0.2, -0.15) is 0 Å². The Hall–Kier alpha value is -12.4. The lowest BCUT2D eigenvalue weighted by atomic mass is 10.0. The molecule has 24 nitrogen and oxygen atoms in total. The first kappa shape index (κ1) is 94.7. The quantitative estimate of drug-likeness (QED) is 0.0294. The predicted octanol–water partition coefficient (Wildman–Crippen LogP) is 17.4. The average Bonchev–Trinajstić information content (AvgIpc) is 1.62. The van der Waals surface area contributed by atoms with Gasteiger partial charge in [-0.05, 0) is 152 Å². The molecule has 12 aromatic rings. The van der Waals surface area contributed by atoms with Gasteiger partial charge in [0.25, 0.3) is 23.6 Å². The maximum Gasteiger partial charge on any atom is 0.307 e. The van der Waals surface area contributed by atoms with E-state index in [1.807, 2.05) is 246 Å². The zero-order valence-corrected chi connectivity index (χ0v) is 76.2. The molecule has 6 amide bonds. The summed E-state index contributed by atoms with van der Waals surface area (Å²) >= 11 is 25.1. The number of esters is 1. The van der Waals surface area contributed by atoms with Crippen LogP contribution >= 0.6 is 46.4 Å².